The maximum absolute atomic E-state index is 14.0. The van der Waals surface area contributed by atoms with Crippen LogP contribution in [-0.4, -0.2) is 22.6 Å². The summed E-state index contributed by atoms with van der Waals surface area (Å²) in [5.74, 6) is 0.518. The second-order valence-electron chi connectivity index (χ2n) is 6.86. The summed E-state index contributed by atoms with van der Waals surface area (Å²) in [7, 11) is -1.04. The van der Waals surface area contributed by atoms with E-state index in [1.165, 1.54) is 23.5 Å². The number of hydrogen-bond acceptors (Lipinski definition) is 4. The van der Waals surface area contributed by atoms with E-state index in [9.17, 15) is 12.8 Å². The first kappa shape index (κ1) is 21.6. The van der Waals surface area contributed by atoms with Gasteiger partial charge < -0.3 is 9.47 Å². The quantitative estimate of drug-likeness (QED) is 0.524. The number of nitrogens with zero attached hydrogens (tertiary/aromatic N) is 1. The minimum atomic E-state index is -4.10. The Labute approximate surface area is 176 Å². The molecule has 0 aliphatic rings. The van der Waals surface area contributed by atoms with Gasteiger partial charge in [-0.25, -0.2) is 12.8 Å². The third kappa shape index (κ3) is 4.26. The SMILES string of the molecule is COc1cccc(C(C)N(c2cccc(OC)c2)S(=O)(=O)c2cc(F)ccc2C)c1. The summed E-state index contributed by atoms with van der Waals surface area (Å²) in [6, 6.07) is 17.1. The molecule has 1 atom stereocenters. The molecule has 0 saturated carbocycles. The molecule has 0 N–H and O–H groups in total. The van der Waals surface area contributed by atoms with E-state index in [-0.39, 0.29) is 4.90 Å². The van der Waals surface area contributed by atoms with E-state index in [2.05, 4.69) is 0 Å². The van der Waals surface area contributed by atoms with Crippen molar-refractivity contribution in [1.29, 1.82) is 0 Å². The third-order valence-electron chi connectivity index (χ3n) is 4.92. The first-order chi connectivity index (χ1) is 14.3. The Bertz CT molecular complexity index is 1150. The van der Waals surface area contributed by atoms with Gasteiger partial charge in [0.1, 0.15) is 17.3 Å². The van der Waals surface area contributed by atoms with Crippen LogP contribution in [0.5, 0.6) is 11.5 Å². The van der Waals surface area contributed by atoms with Gasteiger partial charge in [0.2, 0.25) is 0 Å². The van der Waals surface area contributed by atoms with Crippen molar-refractivity contribution in [1.82, 2.24) is 0 Å². The Balaban J connectivity index is 2.22. The molecule has 30 heavy (non-hydrogen) atoms. The van der Waals surface area contributed by atoms with Crippen LogP contribution in [0.1, 0.15) is 24.1 Å². The van der Waals surface area contributed by atoms with Crippen molar-refractivity contribution in [3.05, 3.63) is 83.7 Å². The molecule has 3 aromatic rings. The Kier molecular flexibility index (Phi) is 6.31. The largest absolute Gasteiger partial charge is 0.497 e. The molecule has 3 rings (SSSR count). The maximum Gasteiger partial charge on any atom is 0.265 e. The van der Waals surface area contributed by atoms with E-state index in [1.807, 2.05) is 6.07 Å². The van der Waals surface area contributed by atoms with E-state index in [1.54, 1.807) is 63.4 Å². The zero-order valence-electron chi connectivity index (χ0n) is 17.3. The highest BCUT2D eigenvalue weighted by Crippen LogP contribution is 2.36. The molecule has 0 spiro atoms. The number of methoxy groups -OCH3 is 2. The summed E-state index contributed by atoms with van der Waals surface area (Å²) >= 11 is 0. The number of halogens is 1. The minimum Gasteiger partial charge on any atom is -0.497 e. The molecule has 5 nitrogen and oxygen atoms in total. The fraction of sp³-hybridized carbons (Fsp3) is 0.217. The van der Waals surface area contributed by atoms with Crippen LogP contribution in [0.4, 0.5) is 10.1 Å². The Morgan fingerprint density at radius 2 is 1.53 bits per heavy atom. The molecular formula is C23H24FNO4S. The predicted octanol–water partition coefficient (Wildman–Crippen LogP) is 5.11. The molecule has 0 aromatic heterocycles. The molecule has 0 bridgehead atoms. The molecule has 3 aromatic carbocycles. The minimum absolute atomic E-state index is 0.0833. The Morgan fingerprint density at radius 3 is 2.20 bits per heavy atom. The van der Waals surface area contributed by atoms with Gasteiger partial charge in [-0.2, -0.15) is 0 Å². The van der Waals surface area contributed by atoms with Crippen molar-refractivity contribution in [3.63, 3.8) is 0 Å². The van der Waals surface area contributed by atoms with Gasteiger partial charge >= 0.3 is 0 Å². The molecule has 7 heteroatoms. The van der Waals surface area contributed by atoms with Crippen LogP contribution in [0.3, 0.4) is 0 Å². The van der Waals surface area contributed by atoms with Crippen LogP contribution < -0.4 is 13.8 Å². The van der Waals surface area contributed by atoms with Crippen LogP contribution in [-0.2, 0) is 10.0 Å². The number of benzene rings is 3. The number of aryl methyl sites for hydroxylation is 1. The normalized spacial score (nSPS) is 12.3. The molecule has 1 unspecified atom stereocenters. The van der Waals surface area contributed by atoms with Crippen molar-refractivity contribution in [2.45, 2.75) is 24.8 Å². The molecule has 0 aliphatic heterocycles. The van der Waals surface area contributed by atoms with E-state index in [0.29, 0.717) is 22.7 Å². The summed E-state index contributed by atoms with van der Waals surface area (Å²) in [5.41, 5.74) is 1.60. The predicted molar refractivity (Wildman–Crippen MR) is 115 cm³/mol. The van der Waals surface area contributed by atoms with Gasteiger partial charge in [-0.1, -0.05) is 24.3 Å². The highest BCUT2D eigenvalue weighted by atomic mass is 32.2. The number of hydrogen-bond donors (Lipinski definition) is 0. The molecule has 0 radical (unpaired) electrons. The first-order valence-electron chi connectivity index (χ1n) is 9.36. The van der Waals surface area contributed by atoms with E-state index < -0.39 is 21.9 Å². The molecule has 0 aliphatic carbocycles. The molecule has 0 saturated heterocycles. The van der Waals surface area contributed by atoms with Crippen LogP contribution in [0.25, 0.3) is 0 Å². The highest BCUT2D eigenvalue weighted by Gasteiger charge is 2.32. The standard InChI is InChI=1S/C23H24FNO4S/c1-16-11-12-19(24)14-23(16)30(26,27)25(20-8-6-10-22(15-20)29-4)17(2)18-7-5-9-21(13-18)28-3/h5-15,17H,1-4H3. The summed E-state index contributed by atoms with van der Waals surface area (Å²) in [5, 5.41) is 0. The lowest BCUT2D eigenvalue weighted by Crippen LogP contribution is -2.34. The van der Waals surface area contributed by atoms with Crippen LogP contribution >= 0.6 is 0 Å². The van der Waals surface area contributed by atoms with Gasteiger partial charge in [0.15, 0.2) is 0 Å². The second-order valence-corrected chi connectivity index (χ2v) is 8.65. The van der Waals surface area contributed by atoms with E-state index >= 15 is 0 Å². The smallest absolute Gasteiger partial charge is 0.265 e. The summed E-state index contributed by atoms with van der Waals surface area (Å²) < 4.78 is 53.4. The van der Waals surface area contributed by atoms with Crippen LogP contribution in [0, 0.1) is 12.7 Å². The van der Waals surface area contributed by atoms with Crippen molar-refractivity contribution >= 4 is 15.7 Å². The van der Waals surface area contributed by atoms with Gasteiger partial charge in [0.25, 0.3) is 10.0 Å². The number of ether oxygens (including phenoxy) is 2. The number of sulfonamides is 1. The van der Waals surface area contributed by atoms with E-state index in [4.69, 9.17) is 9.47 Å². The monoisotopic (exact) mass is 429 g/mol. The molecule has 0 amide bonds. The maximum atomic E-state index is 14.0. The van der Waals surface area contributed by atoms with Gasteiger partial charge in [0.05, 0.1) is 30.8 Å². The zero-order valence-corrected chi connectivity index (χ0v) is 18.1. The van der Waals surface area contributed by atoms with Gasteiger partial charge in [0, 0.05) is 6.07 Å². The highest BCUT2D eigenvalue weighted by molar-refractivity contribution is 7.92. The van der Waals surface area contributed by atoms with Crippen molar-refractivity contribution in [3.8, 4) is 11.5 Å². The molecule has 158 valence electrons. The lowest BCUT2D eigenvalue weighted by Gasteiger charge is -2.31. The van der Waals surface area contributed by atoms with Crippen molar-refractivity contribution < 1.29 is 22.3 Å². The van der Waals surface area contributed by atoms with Gasteiger partial charge in [-0.15, -0.1) is 0 Å². The van der Waals surface area contributed by atoms with Gasteiger partial charge in [-0.05, 0) is 61.4 Å². The van der Waals surface area contributed by atoms with Crippen LogP contribution in [0.15, 0.2) is 71.6 Å². The first-order valence-corrected chi connectivity index (χ1v) is 10.8. The average molecular weight is 430 g/mol. The molecular weight excluding hydrogens is 405 g/mol. The third-order valence-corrected chi connectivity index (χ3v) is 6.96. The zero-order chi connectivity index (χ0) is 21.9. The summed E-state index contributed by atoms with van der Waals surface area (Å²) in [4.78, 5) is -0.0833. The molecule has 0 heterocycles. The van der Waals surface area contributed by atoms with E-state index in [0.717, 1.165) is 11.6 Å². The fourth-order valence-electron chi connectivity index (χ4n) is 3.31. The summed E-state index contributed by atoms with van der Waals surface area (Å²) in [6.45, 7) is 3.42. The number of rotatable bonds is 7. The average Bonchev–Trinajstić information content (AvgIpc) is 2.75. The van der Waals surface area contributed by atoms with Crippen LogP contribution in [0.2, 0.25) is 0 Å². The van der Waals surface area contributed by atoms with Gasteiger partial charge in [-0.3, -0.25) is 4.31 Å². The topological polar surface area (TPSA) is 55.8 Å². The Hall–Kier alpha value is -3.06. The lowest BCUT2D eigenvalue weighted by molar-refractivity contribution is 0.413. The fourth-order valence-corrected chi connectivity index (χ4v) is 5.19. The van der Waals surface area contributed by atoms with Crippen molar-refractivity contribution in [2.24, 2.45) is 0 Å². The van der Waals surface area contributed by atoms with Crippen molar-refractivity contribution in [2.75, 3.05) is 18.5 Å². The molecule has 0 fully saturated rings. The second kappa shape index (κ2) is 8.75. The lowest BCUT2D eigenvalue weighted by atomic mass is 10.1. The number of anilines is 1. The summed E-state index contributed by atoms with van der Waals surface area (Å²) in [6.07, 6.45) is 0. The Morgan fingerprint density at radius 1 is 0.900 bits per heavy atom.